The van der Waals surface area contributed by atoms with Crippen molar-refractivity contribution in [2.24, 2.45) is 10.2 Å². The van der Waals surface area contributed by atoms with E-state index in [9.17, 15) is 45.5 Å². The molecule has 40 heavy (non-hydrogen) atoms. The molecule has 0 aromatic heterocycles. The van der Waals surface area contributed by atoms with Crippen LogP contribution in [-0.4, -0.2) is 47.4 Å². The van der Waals surface area contributed by atoms with Crippen LogP contribution in [-0.2, 0) is 19.2 Å². The summed E-state index contributed by atoms with van der Waals surface area (Å²) in [6.45, 7) is 2.91. The summed E-state index contributed by atoms with van der Waals surface area (Å²) in [5.41, 5.74) is 5.15. The summed E-state index contributed by atoms with van der Waals surface area (Å²) in [4.78, 5) is 46.2. The topological polar surface area (TPSA) is 141 Å². The maximum absolute atomic E-state index is 12.4. The third-order valence-corrected chi connectivity index (χ3v) is 4.87. The quantitative estimate of drug-likeness (QED) is 0.206. The van der Waals surface area contributed by atoms with E-state index in [2.05, 4.69) is 21.1 Å². The van der Waals surface area contributed by atoms with E-state index in [-0.39, 0.29) is 35.6 Å². The van der Waals surface area contributed by atoms with E-state index >= 15 is 0 Å². The van der Waals surface area contributed by atoms with Gasteiger partial charge in [-0.25, -0.2) is 10.9 Å². The molecule has 0 atom stereocenters. The van der Waals surface area contributed by atoms with Crippen LogP contribution in [0.2, 0.25) is 0 Å². The Bertz CT molecular complexity index is 1240. The van der Waals surface area contributed by atoms with E-state index in [0.717, 1.165) is 0 Å². The molecule has 2 aromatic carbocycles. The second kappa shape index (κ2) is 13.3. The van der Waals surface area contributed by atoms with Gasteiger partial charge in [-0.2, -0.15) is 36.5 Å². The maximum atomic E-state index is 12.4. The van der Waals surface area contributed by atoms with Gasteiger partial charge in [0, 0.05) is 24.2 Å². The van der Waals surface area contributed by atoms with Crippen molar-refractivity contribution in [2.75, 3.05) is 10.6 Å². The molecule has 0 saturated carbocycles. The number of anilines is 2. The van der Waals surface area contributed by atoms with E-state index < -0.39 is 36.0 Å². The van der Waals surface area contributed by atoms with Crippen molar-refractivity contribution in [3.8, 4) is 0 Å². The van der Waals surface area contributed by atoms with Gasteiger partial charge in [-0.15, -0.1) is 0 Å². The smallest absolute Gasteiger partial charge is 0.318 e. The molecule has 0 saturated heterocycles. The summed E-state index contributed by atoms with van der Waals surface area (Å²) in [5.74, 6) is -5.61. The Labute approximate surface area is 222 Å². The summed E-state index contributed by atoms with van der Waals surface area (Å²) in [6, 6.07) is 10.7. The van der Waals surface area contributed by atoms with Gasteiger partial charge in [-0.1, -0.05) is 24.3 Å². The Morgan fingerprint density at radius 1 is 0.650 bits per heavy atom. The summed E-state index contributed by atoms with van der Waals surface area (Å²) < 4.78 is 74.5. The summed E-state index contributed by atoms with van der Waals surface area (Å²) >= 11 is 0. The first kappa shape index (κ1) is 31.5. The molecule has 16 heteroatoms. The monoisotopic (exact) mass is 572 g/mol. The van der Waals surface area contributed by atoms with E-state index in [1.54, 1.807) is 10.6 Å². The lowest BCUT2D eigenvalue weighted by Gasteiger charge is -2.09. The normalized spacial score (nSPS) is 12.4. The summed E-state index contributed by atoms with van der Waals surface area (Å²) in [5, 5.41) is 11.0. The summed E-state index contributed by atoms with van der Waals surface area (Å²) in [6.07, 6.45) is -10.7. The van der Waals surface area contributed by atoms with Gasteiger partial charge in [0.15, 0.2) is 0 Å². The van der Waals surface area contributed by atoms with Gasteiger partial charge in [-0.3, -0.25) is 19.2 Å². The first-order valence-corrected chi connectivity index (χ1v) is 11.2. The van der Waals surface area contributed by atoms with Crippen molar-refractivity contribution < 1.29 is 45.5 Å². The zero-order valence-electron chi connectivity index (χ0n) is 20.8. The number of rotatable bonds is 9. The molecule has 0 radical (unpaired) electrons. The van der Waals surface area contributed by atoms with Gasteiger partial charge in [0.25, 0.3) is 0 Å². The molecule has 0 aliphatic heterocycles. The standard InChI is InChI=1S/C24H22F6N6O4/c1-13(15-5-3-7-17(11-15)31-21(39)23(25,26)27)33-35-19(37)9-10-20(38)36-34-14(2)16-6-4-8-18(12-16)32-22(40)24(28,29)30/h3-8,11-12H,9-10H2,1-2H3,(H,31,39)(H,32,40)(H,35,37)(H,36,38). The number of amides is 4. The van der Waals surface area contributed by atoms with Crippen LogP contribution in [0, 0.1) is 0 Å². The maximum Gasteiger partial charge on any atom is 0.471 e. The molecule has 0 fully saturated rings. The number of nitrogens with zero attached hydrogens (tertiary/aromatic N) is 2. The molecular weight excluding hydrogens is 550 g/mol. The molecule has 2 rings (SSSR count). The average Bonchev–Trinajstić information content (AvgIpc) is 2.88. The fraction of sp³-hybridized carbons (Fsp3) is 0.250. The minimum atomic E-state index is -5.06. The predicted molar refractivity (Wildman–Crippen MR) is 132 cm³/mol. The molecule has 0 aliphatic carbocycles. The molecule has 214 valence electrons. The third kappa shape index (κ3) is 10.2. The highest BCUT2D eigenvalue weighted by molar-refractivity contribution is 6.02. The SMILES string of the molecule is CC(=NNC(=O)CCC(=O)NN=C(C)c1cccc(NC(=O)C(F)(F)F)c1)c1cccc(NC(=O)C(F)(F)F)c1. The largest absolute Gasteiger partial charge is 0.471 e. The van der Waals surface area contributed by atoms with Gasteiger partial charge < -0.3 is 10.6 Å². The Hall–Kier alpha value is -4.76. The molecule has 0 heterocycles. The van der Waals surface area contributed by atoms with Gasteiger partial charge in [-0.05, 0) is 49.2 Å². The lowest BCUT2D eigenvalue weighted by molar-refractivity contribution is -0.167. The summed E-state index contributed by atoms with van der Waals surface area (Å²) in [7, 11) is 0. The van der Waals surface area contributed by atoms with E-state index in [1.807, 2.05) is 0 Å². The van der Waals surface area contributed by atoms with Crippen LogP contribution in [0.1, 0.15) is 37.8 Å². The van der Waals surface area contributed by atoms with Gasteiger partial charge in [0.2, 0.25) is 11.8 Å². The average molecular weight is 572 g/mol. The lowest BCUT2D eigenvalue weighted by atomic mass is 10.1. The molecule has 0 unspecified atom stereocenters. The number of hydrogen-bond acceptors (Lipinski definition) is 6. The van der Waals surface area contributed by atoms with Crippen LogP contribution in [0.5, 0.6) is 0 Å². The van der Waals surface area contributed by atoms with Gasteiger partial charge in [0.05, 0.1) is 11.4 Å². The van der Waals surface area contributed by atoms with Crippen LogP contribution < -0.4 is 21.5 Å². The Morgan fingerprint density at radius 2 is 1.00 bits per heavy atom. The first-order chi connectivity index (χ1) is 18.6. The number of alkyl halides is 6. The molecule has 0 bridgehead atoms. The van der Waals surface area contributed by atoms with Crippen molar-refractivity contribution in [3.63, 3.8) is 0 Å². The minimum absolute atomic E-state index is 0.133. The molecule has 0 spiro atoms. The highest BCUT2D eigenvalue weighted by atomic mass is 19.4. The van der Waals surface area contributed by atoms with Crippen LogP contribution in [0.3, 0.4) is 0 Å². The molecule has 2 aromatic rings. The number of benzene rings is 2. The zero-order chi connectivity index (χ0) is 30.1. The molecular formula is C24H22F6N6O4. The fourth-order valence-corrected chi connectivity index (χ4v) is 2.81. The van der Waals surface area contributed by atoms with E-state index in [0.29, 0.717) is 11.1 Å². The lowest BCUT2D eigenvalue weighted by Crippen LogP contribution is -2.30. The van der Waals surface area contributed by atoms with Gasteiger partial charge >= 0.3 is 24.2 Å². The Balaban J connectivity index is 1.87. The molecule has 10 nitrogen and oxygen atoms in total. The van der Waals surface area contributed by atoms with Crippen molar-refractivity contribution in [1.82, 2.24) is 10.9 Å². The van der Waals surface area contributed by atoms with Crippen LogP contribution in [0.4, 0.5) is 37.7 Å². The first-order valence-electron chi connectivity index (χ1n) is 11.2. The second-order valence-corrected chi connectivity index (χ2v) is 8.03. The fourth-order valence-electron chi connectivity index (χ4n) is 2.81. The van der Waals surface area contributed by atoms with Crippen molar-refractivity contribution in [2.45, 2.75) is 39.0 Å². The van der Waals surface area contributed by atoms with E-state index in [1.165, 1.54) is 62.4 Å². The Morgan fingerprint density at radius 3 is 1.32 bits per heavy atom. The second-order valence-electron chi connectivity index (χ2n) is 8.03. The highest BCUT2D eigenvalue weighted by Crippen LogP contribution is 2.20. The number of nitrogens with one attached hydrogen (secondary N) is 4. The van der Waals surface area contributed by atoms with Crippen molar-refractivity contribution in [3.05, 3.63) is 59.7 Å². The van der Waals surface area contributed by atoms with Crippen molar-refractivity contribution >= 4 is 46.4 Å². The number of carbonyl (C=O) groups is 4. The number of carbonyl (C=O) groups excluding carboxylic acids is 4. The number of halogens is 6. The number of hydrogen-bond donors (Lipinski definition) is 4. The van der Waals surface area contributed by atoms with Crippen LogP contribution >= 0.6 is 0 Å². The minimum Gasteiger partial charge on any atom is -0.318 e. The zero-order valence-corrected chi connectivity index (χ0v) is 20.8. The highest BCUT2D eigenvalue weighted by Gasteiger charge is 2.39. The van der Waals surface area contributed by atoms with Crippen LogP contribution in [0.15, 0.2) is 58.7 Å². The Kier molecular flexibility index (Phi) is 10.5. The van der Waals surface area contributed by atoms with Crippen LogP contribution in [0.25, 0.3) is 0 Å². The molecule has 4 N–H and O–H groups in total. The van der Waals surface area contributed by atoms with Gasteiger partial charge in [0.1, 0.15) is 0 Å². The molecule has 0 aliphatic rings. The van der Waals surface area contributed by atoms with E-state index in [4.69, 9.17) is 0 Å². The number of hydrazone groups is 2. The predicted octanol–water partition coefficient (Wildman–Crippen LogP) is 3.85. The van der Waals surface area contributed by atoms with Crippen molar-refractivity contribution in [1.29, 1.82) is 0 Å². The third-order valence-electron chi connectivity index (χ3n) is 4.87. The molecule has 4 amide bonds.